The van der Waals surface area contributed by atoms with Crippen molar-refractivity contribution in [1.82, 2.24) is 5.32 Å². The topological polar surface area (TPSA) is 49.3 Å². The van der Waals surface area contributed by atoms with Crippen molar-refractivity contribution < 1.29 is 9.90 Å². The molecule has 0 aromatic carbocycles. The van der Waals surface area contributed by atoms with Gasteiger partial charge in [0, 0.05) is 12.1 Å². The van der Waals surface area contributed by atoms with Crippen LogP contribution >= 0.6 is 0 Å². The van der Waals surface area contributed by atoms with Gasteiger partial charge in [-0.05, 0) is 20.3 Å². The van der Waals surface area contributed by atoms with Crippen molar-refractivity contribution >= 4 is 5.94 Å². The van der Waals surface area contributed by atoms with Crippen molar-refractivity contribution in [3.63, 3.8) is 0 Å². The fraction of sp³-hybridized carbons (Fsp3) is 0.750. The molecule has 1 fully saturated rings. The highest BCUT2D eigenvalue weighted by Gasteiger charge is 2.27. The van der Waals surface area contributed by atoms with Gasteiger partial charge >= 0.3 is 0 Å². The van der Waals surface area contributed by atoms with Crippen molar-refractivity contribution in [3.8, 4) is 0 Å². The van der Waals surface area contributed by atoms with E-state index in [1.807, 2.05) is 13.8 Å². The molecule has 1 saturated heterocycles. The molecule has 0 spiro atoms. The Balaban J connectivity index is 2.75. The Morgan fingerprint density at radius 2 is 2.27 bits per heavy atom. The minimum atomic E-state index is -0.598. The maximum absolute atomic E-state index is 10.3. The quantitative estimate of drug-likeness (QED) is 0.479. The van der Waals surface area contributed by atoms with Crippen molar-refractivity contribution in [1.29, 1.82) is 0 Å². The number of carbonyl (C=O) groups excluding carboxylic acids is 1. The number of hydrogen-bond donors (Lipinski definition) is 2. The Kier molecular flexibility index (Phi) is 2.45. The van der Waals surface area contributed by atoms with E-state index in [0.717, 1.165) is 0 Å². The summed E-state index contributed by atoms with van der Waals surface area (Å²) in [5, 5.41) is 12.5. The molecular weight excluding hydrogens is 142 g/mol. The molecule has 3 heteroatoms. The van der Waals surface area contributed by atoms with E-state index >= 15 is 0 Å². The zero-order valence-electron chi connectivity index (χ0n) is 6.79. The van der Waals surface area contributed by atoms with Gasteiger partial charge in [-0.25, -0.2) is 4.79 Å². The third kappa shape index (κ3) is 1.69. The Labute approximate surface area is 66.1 Å². The Hall–Kier alpha value is -0.630. The molecule has 11 heavy (non-hydrogen) atoms. The first-order valence-corrected chi connectivity index (χ1v) is 3.84. The van der Waals surface area contributed by atoms with E-state index in [1.54, 1.807) is 5.94 Å². The predicted molar refractivity (Wildman–Crippen MR) is 41.9 cm³/mol. The van der Waals surface area contributed by atoms with Gasteiger partial charge in [-0.15, -0.1) is 0 Å². The lowest BCUT2D eigenvalue weighted by Crippen LogP contribution is -2.46. The summed E-state index contributed by atoms with van der Waals surface area (Å²) < 4.78 is 0. The maximum atomic E-state index is 10.3. The predicted octanol–water partition coefficient (Wildman–Crippen LogP) is -0.124. The van der Waals surface area contributed by atoms with Crippen LogP contribution in [-0.4, -0.2) is 29.2 Å². The summed E-state index contributed by atoms with van der Waals surface area (Å²) in [5.41, 5.74) is 0.447. The molecule has 1 aliphatic heterocycles. The second-order valence-electron chi connectivity index (χ2n) is 3.10. The number of rotatable bonds is 0. The van der Waals surface area contributed by atoms with E-state index in [4.69, 9.17) is 0 Å². The molecule has 3 nitrogen and oxygen atoms in total. The summed E-state index contributed by atoms with van der Waals surface area (Å²) in [4.78, 5) is 10.3. The highest BCUT2D eigenvalue weighted by atomic mass is 16.3. The van der Waals surface area contributed by atoms with Crippen LogP contribution in [0, 0.1) is 0 Å². The number of piperidine rings is 1. The summed E-state index contributed by atoms with van der Waals surface area (Å²) in [5.74, 6) is 1.78. The highest BCUT2D eigenvalue weighted by Crippen LogP contribution is 2.16. The average Bonchev–Trinajstić information content (AvgIpc) is 1.85. The van der Waals surface area contributed by atoms with Gasteiger partial charge < -0.3 is 10.4 Å². The van der Waals surface area contributed by atoms with Crippen LogP contribution in [-0.2, 0) is 4.79 Å². The number of hydrogen-bond acceptors (Lipinski definition) is 3. The molecule has 1 heterocycles. The van der Waals surface area contributed by atoms with E-state index in [2.05, 4.69) is 5.32 Å². The van der Waals surface area contributed by atoms with Crippen LogP contribution in [0.2, 0.25) is 0 Å². The molecule has 0 aromatic heterocycles. The van der Waals surface area contributed by atoms with E-state index < -0.39 is 6.10 Å². The van der Waals surface area contributed by atoms with Gasteiger partial charge in [-0.3, -0.25) is 0 Å². The molecule has 62 valence electrons. The lowest BCUT2D eigenvalue weighted by atomic mass is 9.93. The maximum Gasteiger partial charge on any atom is 0.127 e. The Morgan fingerprint density at radius 3 is 2.73 bits per heavy atom. The Morgan fingerprint density at radius 1 is 1.64 bits per heavy atom. The summed E-state index contributed by atoms with van der Waals surface area (Å²) in [6.07, 6.45) is 0.00769. The lowest BCUT2D eigenvalue weighted by molar-refractivity contribution is 0.155. The van der Waals surface area contributed by atoms with Gasteiger partial charge in [0.05, 0.1) is 11.7 Å². The summed E-state index contributed by atoms with van der Waals surface area (Å²) in [7, 11) is 0. The molecular formula is C8H13NO2. The van der Waals surface area contributed by atoms with Gasteiger partial charge in [0.2, 0.25) is 0 Å². The number of nitrogens with one attached hydrogen (secondary N) is 1. The fourth-order valence-electron chi connectivity index (χ4n) is 1.49. The van der Waals surface area contributed by atoms with Crippen LogP contribution < -0.4 is 5.32 Å². The van der Waals surface area contributed by atoms with Gasteiger partial charge in [-0.1, -0.05) is 0 Å². The zero-order valence-corrected chi connectivity index (χ0v) is 6.79. The molecule has 1 rings (SSSR count). The lowest BCUT2D eigenvalue weighted by Gasteiger charge is -2.30. The van der Waals surface area contributed by atoms with Crippen molar-refractivity contribution in [2.24, 2.45) is 0 Å². The largest absolute Gasteiger partial charge is 0.388 e. The van der Waals surface area contributed by atoms with Gasteiger partial charge in [0.1, 0.15) is 5.94 Å². The number of aliphatic hydroxyl groups excluding tert-OH is 1. The van der Waals surface area contributed by atoms with Crippen LogP contribution in [0.15, 0.2) is 5.57 Å². The zero-order chi connectivity index (χ0) is 8.43. The van der Waals surface area contributed by atoms with Gasteiger partial charge in [-0.2, -0.15) is 0 Å². The normalized spacial score (nSPS) is 38.5. The van der Waals surface area contributed by atoms with Crippen LogP contribution in [0.4, 0.5) is 0 Å². The minimum Gasteiger partial charge on any atom is -0.388 e. The van der Waals surface area contributed by atoms with Crippen LogP contribution in [0.5, 0.6) is 0 Å². The van der Waals surface area contributed by atoms with Gasteiger partial charge in [0.25, 0.3) is 0 Å². The van der Waals surface area contributed by atoms with Gasteiger partial charge in [0.15, 0.2) is 0 Å². The van der Waals surface area contributed by atoms with Crippen LogP contribution in [0.25, 0.3) is 0 Å². The first-order chi connectivity index (χ1) is 5.15. The van der Waals surface area contributed by atoms with E-state index in [9.17, 15) is 9.90 Å². The molecule has 3 atom stereocenters. The molecule has 3 unspecified atom stereocenters. The molecule has 0 amide bonds. The summed E-state index contributed by atoms with van der Waals surface area (Å²) >= 11 is 0. The van der Waals surface area contributed by atoms with Crippen LogP contribution in [0.1, 0.15) is 20.3 Å². The minimum absolute atomic E-state index is 0.0359. The molecule has 1 aliphatic rings. The Bertz CT molecular complexity index is 182. The summed E-state index contributed by atoms with van der Waals surface area (Å²) in [6.45, 7) is 3.85. The van der Waals surface area contributed by atoms with E-state index in [0.29, 0.717) is 12.0 Å². The van der Waals surface area contributed by atoms with E-state index in [-0.39, 0.29) is 12.1 Å². The van der Waals surface area contributed by atoms with Crippen molar-refractivity contribution in [3.05, 3.63) is 5.57 Å². The average molecular weight is 155 g/mol. The third-order valence-corrected chi connectivity index (χ3v) is 2.05. The molecule has 0 radical (unpaired) electrons. The SMILES string of the molecule is CC1CC(O)C(=C=O)C(C)N1. The van der Waals surface area contributed by atoms with Crippen molar-refractivity contribution in [2.75, 3.05) is 0 Å². The molecule has 0 aromatic rings. The summed E-state index contributed by atoms with van der Waals surface area (Å²) in [6, 6.07) is 0.239. The molecule has 2 N–H and O–H groups in total. The third-order valence-electron chi connectivity index (χ3n) is 2.05. The molecule has 0 bridgehead atoms. The smallest absolute Gasteiger partial charge is 0.127 e. The fourth-order valence-corrected chi connectivity index (χ4v) is 1.49. The number of aliphatic hydroxyl groups is 1. The first kappa shape index (κ1) is 8.47. The second-order valence-corrected chi connectivity index (χ2v) is 3.10. The van der Waals surface area contributed by atoms with E-state index in [1.165, 1.54) is 0 Å². The van der Waals surface area contributed by atoms with Crippen molar-refractivity contribution in [2.45, 2.75) is 38.5 Å². The second kappa shape index (κ2) is 3.18. The molecule has 0 saturated carbocycles. The highest BCUT2D eigenvalue weighted by molar-refractivity contribution is 5.56. The standard InChI is InChI=1S/C8H13NO2/c1-5-3-8(11)7(4-10)6(2)9-5/h5-6,8-9,11H,3H2,1-2H3. The monoisotopic (exact) mass is 155 g/mol. The first-order valence-electron chi connectivity index (χ1n) is 3.84. The molecule has 0 aliphatic carbocycles. The van der Waals surface area contributed by atoms with Crippen LogP contribution in [0.3, 0.4) is 0 Å².